The summed E-state index contributed by atoms with van der Waals surface area (Å²) in [5.74, 6) is -0.0611. The molecule has 0 spiro atoms. The number of carboxylic acids is 1. The average Bonchev–Trinajstić information content (AvgIpc) is 2.42. The molecule has 0 saturated heterocycles. The van der Waals surface area contributed by atoms with Gasteiger partial charge in [-0.05, 0) is 69.5 Å². The molecule has 0 bridgehead atoms. The average molecular weight is 298 g/mol. The fraction of sp³-hybridized carbons (Fsp3) is 0.316. The lowest BCUT2D eigenvalue weighted by Gasteiger charge is -2.29. The number of hydrogen-bond acceptors (Lipinski definition) is 2. The third-order valence-electron chi connectivity index (χ3n) is 3.39. The van der Waals surface area contributed by atoms with Crippen LogP contribution >= 0.6 is 0 Å². The lowest BCUT2D eigenvalue weighted by atomic mass is 9.95. The Hall–Kier alpha value is -2.29. The molecule has 0 amide bonds. The Morgan fingerprint density at radius 1 is 1.32 bits per heavy atom. The van der Waals surface area contributed by atoms with Gasteiger partial charge in [-0.2, -0.15) is 0 Å². The molecule has 0 aromatic heterocycles. The quantitative estimate of drug-likeness (QED) is 0.658. The zero-order valence-corrected chi connectivity index (χ0v) is 13.5. The van der Waals surface area contributed by atoms with Crippen LogP contribution in [0, 0.1) is 0 Å². The smallest absolute Gasteiger partial charge is 0.328 e. The standard InChI is InChI=1S/C19H22O3/c1-13(2)5-7-15-11-14(6-8-17(20)21)12-16-9-10-19(3,4)22-18(15)16/h5-6,8-12H,7H2,1-4H3,(H,20,21). The largest absolute Gasteiger partial charge is 0.483 e. The number of fused-ring (bicyclic) bond motifs is 1. The van der Waals surface area contributed by atoms with Crippen LogP contribution in [0.3, 0.4) is 0 Å². The van der Waals surface area contributed by atoms with Gasteiger partial charge in [0.25, 0.3) is 0 Å². The zero-order valence-electron chi connectivity index (χ0n) is 13.5. The first kappa shape index (κ1) is 16.1. The molecule has 3 heteroatoms. The summed E-state index contributed by atoms with van der Waals surface area (Å²) in [6.07, 6.45) is 9.75. The number of hydrogen-bond donors (Lipinski definition) is 1. The Morgan fingerprint density at radius 2 is 2.05 bits per heavy atom. The van der Waals surface area contributed by atoms with Crippen LogP contribution in [-0.4, -0.2) is 16.7 Å². The van der Waals surface area contributed by atoms with Gasteiger partial charge in [-0.3, -0.25) is 0 Å². The zero-order chi connectivity index (χ0) is 16.3. The minimum atomic E-state index is -0.948. The molecule has 0 saturated carbocycles. The highest BCUT2D eigenvalue weighted by molar-refractivity contribution is 5.85. The molecule has 0 unspecified atom stereocenters. The normalized spacial score (nSPS) is 15.3. The fourth-order valence-electron chi connectivity index (χ4n) is 2.30. The summed E-state index contributed by atoms with van der Waals surface area (Å²) in [6.45, 7) is 8.17. The predicted molar refractivity (Wildman–Crippen MR) is 90.0 cm³/mol. The van der Waals surface area contributed by atoms with Crippen LogP contribution in [0.4, 0.5) is 0 Å². The molecule has 0 aliphatic carbocycles. The second kappa shape index (κ2) is 6.22. The van der Waals surface area contributed by atoms with E-state index in [1.807, 2.05) is 38.1 Å². The summed E-state index contributed by atoms with van der Waals surface area (Å²) in [5.41, 5.74) is 3.84. The first-order chi connectivity index (χ1) is 10.3. The summed E-state index contributed by atoms with van der Waals surface area (Å²) in [6, 6.07) is 3.94. The molecule has 0 radical (unpaired) electrons. The summed E-state index contributed by atoms with van der Waals surface area (Å²) < 4.78 is 6.11. The van der Waals surface area contributed by atoms with E-state index in [4.69, 9.17) is 9.84 Å². The van der Waals surface area contributed by atoms with E-state index in [1.165, 1.54) is 5.57 Å². The van der Waals surface area contributed by atoms with E-state index >= 15 is 0 Å². The Morgan fingerprint density at radius 3 is 2.68 bits per heavy atom. The predicted octanol–water partition coefficient (Wildman–Crippen LogP) is 4.48. The van der Waals surface area contributed by atoms with Gasteiger partial charge in [-0.15, -0.1) is 0 Å². The summed E-state index contributed by atoms with van der Waals surface area (Å²) in [7, 11) is 0. The monoisotopic (exact) mass is 298 g/mol. The van der Waals surface area contributed by atoms with Gasteiger partial charge < -0.3 is 9.84 Å². The highest BCUT2D eigenvalue weighted by Gasteiger charge is 2.23. The highest BCUT2D eigenvalue weighted by Crippen LogP contribution is 2.36. The van der Waals surface area contributed by atoms with E-state index in [-0.39, 0.29) is 5.60 Å². The van der Waals surface area contributed by atoms with Crippen LogP contribution < -0.4 is 4.74 Å². The van der Waals surface area contributed by atoms with Gasteiger partial charge in [0.05, 0.1) is 0 Å². The molecule has 0 fully saturated rings. The van der Waals surface area contributed by atoms with Crippen LogP contribution in [0.1, 0.15) is 44.4 Å². The topological polar surface area (TPSA) is 46.5 Å². The fourth-order valence-corrected chi connectivity index (χ4v) is 2.30. The number of allylic oxidation sites excluding steroid dienone is 2. The third kappa shape index (κ3) is 4.10. The Bertz CT molecular complexity index is 672. The molecule has 1 aromatic rings. The van der Waals surface area contributed by atoms with Crippen molar-refractivity contribution < 1.29 is 14.6 Å². The second-order valence-corrected chi connectivity index (χ2v) is 6.29. The molecule has 116 valence electrons. The molecule has 2 rings (SSSR count). The van der Waals surface area contributed by atoms with Crippen molar-refractivity contribution in [3.8, 4) is 5.75 Å². The van der Waals surface area contributed by atoms with E-state index in [1.54, 1.807) is 6.08 Å². The van der Waals surface area contributed by atoms with Crippen molar-refractivity contribution >= 4 is 18.1 Å². The van der Waals surface area contributed by atoms with Gasteiger partial charge in [0.15, 0.2) is 0 Å². The molecule has 0 atom stereocenters. The Balaban J connectivity index is 2.48. The van der Waals surface area contributed by atoms with Gasteiger partial charge in [-0.1, -0.05) is 17.7 Å². The maximum absolute atomic E-state index is 10.7. The van der Waals surface area contributed by atoms with E-state index in [2.05, 4.69) is 19.9 Å². The van der Waals surface area contributed by atoms with E-state index in [0.29, 0.717) is 0 Å². The van der Waals surface area contributed by atoms with Crippen molar-refractivity contribution in [2.24, 2.45) is 0 Å². The highest BCUT2D eigenvalue weighted by atomic mass is 16.5. The minimum Gasteiger partial charge on any atom is -0.483 e. The Kier molecular flexibility index (Phi) is 4.55. The maximum atomic E-state index is 10.7. The van der Waals surface area contributed by atoms with Gasteiger partial charge >= 0.3 is 5.97 Å². The Labute approximate surface area is 131 Å². The maximum Gasteiger partial charge on any atom is 0.328 e. The summed E-state index contributed by atoms with van der Waals surface area (Å²) >= 11 is 0. The van der Waals surface area contributed by atoms with E-state index in [9.17, 15) is 4.79 Å². The summed E-state index contributed by atoms with van der Waals surface area (Å²) in [5, 5.41) is 8.79. The van der Waals surface area contributed by atoms with Crippen molar-refractivity contribution in [3.63, 3.8) is 0 Å². The SMILES string of the molecule is CC(C)=CCc1cc(C=CC(=O)O)cc2c1OC(C)(C)C=C2. The number of carboxylic acid groups (broad SMARTS) is 1. The van der Waals surface area contributed by atoms with Crippen molar-refractivity contribution in [3.05, 3.63) is 52.6 Å². The lowest BCUT2D eigenvalue weighted by Crippen LogP contribution is -2.28. The molecule has 1 N–H and O–H groups in total. The van der Waals surface area contributed by atoms with Crippen molar-refractivity contribution in [1.82, 2.24) is 0 Å². The molecule has 1 heterocycles. The number of benzene rings is 1. The third-order valence-corrected chi connectivity index (χ3v) is 3.39. The van der Waals surface area contributed by atoms with Crippen molar-refractivity contribution in [2.75, 3.05) is 0 Å². The molecular weight excluding hydrogens is 276 g/mol. The van der Waals surface area contributed by atoms with Gasteiger partial charge in [0, 0.05) is 11.6 Å². The molecule has 3 nitrogen and oxygen atoms in total. The first-order valence-corrected chi connectivity index (χ1v) is 7.36. The number of carbonyl (C=O) groups is 1. The molecular formula is C19H22O3. The van der Waals surface area contributed by atoms with Crippen LogP contribution in [-0.2, 0) is 11.2 Å². The molecule has 1 aliphatic heterocycles. The minimum absolute atomic E-state index is 0.328. The van der Waals surface area contributed by atoms with Crippen LogP contribution in [0.15, 0.2) is 35.9 Å². The molecule has 1 aromatic carbocycles. The van der Waals surface area contributed by atoms with Crippen molar-refractivity contribution in [1.29, 1.82) is 0 Å². The van der Waals surface area contributed by atoms with Gasteiger partial charge in [0.2, 0.25) is 0 Å². The number of rotatable bonds is 4. The van der Waals surface area contributed by atoms with Gasteiger partial charge in [0.1, 0.15) is 11.4 Å². The van der Waals surface area contributed by atoms with E-state index < -0.39 is 5.97 Å². The van der Waals surface area contributed by atoms with Crippen molar-refractivity contribution in [2.45, 2.75) is 39.7 Å². The second-order valence-electron chi connectivity index (χ2n) is 6.29. The number of ether oxygens (including phenoxy) is 1. The molecule has 1 aliphatic rings. The lowest BCUT2D eigenvalue weighted by molar-refractivity contribution is -0.131. The first-order valence-electron chi connectivity index (χ1n) is 7.36. The van der Waals surface area contributed by atoms with E-state index in [0.717, 1.165) is 34.9 Å². The number of aliphatic carboxylic acids is 1. The van der Waals surface area contributed by atoms with Crippen LogP contribution in [0.5, 0.6) is 5.75 Å². The summed E-state index contributed by atoms with van der Waals surface area (Å²) in [4.78, 5) is 10.7. The molecule has 22 heavy (non-hydrogen) atoms. The van der Waals surface area contributed by atoms with Crippen LogP contribution in [0.2, 0.25) is 0 Å². The van der Waals surface area contributed by atoms with Gasteiger partial charge in [-0.25, -0.2) is 4.79 Å². The van der Waals surface area contributed by atoms with Crippen LogP contribution in [0.25, 0.3) is 12.2 Å².